The molecule has 0 bridgehead atoms. The quantitative estimate of drug-likeness (QED) is 0.606. The molecule has 13 heavy (non-hydrogen) atoms. The lowest BCUT2D eigenvalue weighted by atomic mass is 9.89. The molecule has 0 fully saturated rings. The second-order valence-electron chi connectivity index (χ2n) is 3.16. The van der Waals surface area contributed by atoms with E-state index in [0.29, 0.717) is 6.42 Å². The van der Waals surface area contributed by atoms with Crippen molar-refractivity contribution in [2.24, 2.45) is 5.73 Å². The zero-order chi connectivity index (χ0) is 10.5. The molecule has 1 unspecified atom stereocenters. The van der Waals surface area contributed by atoms with Gasteiger partial charge in [0.2, 0.25) is 0 Å². The number of carbonyl (C=O) groups is 2. The third kappa shape index (κ3) is 2.81. The van der Waals surface area contributed by atoms with Gasteiger partial charge in [0.05, 0.1) is 0 Å². The average Bonchev–Trinajstić information content (AvgIpc) is 2.12. The normalized spacial score (nSPS) is 15.0. The van der Waals surface area contributed by atoms with Gasteiger partial charge < -0.3 is 10.8 Å². The lowest BCUT2D eigenvalue weighted by molar-refractivity contribution is -0.148. The van der Waals surface area contributed by atoms with E-state index in [0.717, 1.165) is 6.42 Å². The summed E-state index contributed by atoms with van der Waals surface area (Å²) in [7, 11) is 0. The van der Waals surface area contributed by atoms with Gasteiger partial charge in [0.1, 0.15) is 0 Å². The molecule has 0 heterocycles. The first-order valence-electron chi connectivity index (χ1n) is 4.54. The van der Waals surface area contributed by atoms with Gasteiger partial charge in [-0.2, -0.15) is 0 Å². The Morgan fingerprint density at radius 1 is 1.38 bits per heavy atom. The Balaban J connectivity index is 4.39. The van der Waals surface area contributed by atoms with Crippen LogP contribution >= 0.6 is 0 Å². The summed E-state index contributed by atoms with van der Waals surface area (Å²) in [4.78, 5) is 22.1. The van der Waals surface area contributed by atoms with Crippen LogP contribution in [0.4, 0.5) is 0 Å². The van der Waals surface area contributed by atoms with Crippen molar-refractivity contribution in [1.82, 2.24) is 0 Å². The van der Waals surface area contributed by atoms with Gasteiger partial charge in [-0.05, 0) is 12.8 Å². The number of nitrogens with two attached hydrogens (primary N) is 1. The number of carboxylic acids is 1. The number of ketones is 1. The van der Waals surface area contributed by atoms with Crippen molar-refractivity contribution in [2.75, 3.05) is 0 Å². The van der Waals surface area contributed by atoms with Gasteiger partial charge in [-0.1, -0.05) is 20.3 Å². The van der Waals surface area contributed by atoms with Gasteiger partial charge in [0.15, 0.2) is 11.3 Å². The molecule has 0 aromatic heterocycles. The number of rotatable bonds is 6. The third-order valence-electron chi connectivity index (χ3n) is 2.19. The maximum absolute atomic E-state index is 11.4. The van der Waals surface area contributed by atoms with E-state index in [2.05, 4.69) is 0 Å². The van der Waals surface area contributed by atoms with Gasteiger partial charge in [-0.3, -0.25) is 4.79 Å². The number of hydrogen-bond acceptors (Lipinski definition) is 3. The first-order valence-corrected chi connectivity index (χ1v) is 4.54. The van der Waals surface area contributed by atoms with E-state index in [1.807, 2.05) is 6.92 Å². The molecule has 0 saturated heterocycles. The fourth-order valence-electron chi connectivity index (χ4n) is 1.03. The van der Waals surface area contributed by atoms with Crippen molar-refractivity contribution in [3.63, 3.8) is 0 Å². The monoisotopic (exact) mass is 187 g/mol. The molecule has 4 heteroatoms. The molecule has 0 aromatic rings. The van der Waals surface area contributed by atoms with Crippen LogP contribution < -0.4 is 5.73 Å². The summed E-state index contributed by atoms with van der Waals surface area (Å²) in [6.07, 6.45) is 1.97. The zero-order valence-electron chi connectivity index (χ0n) is 8.17. The highest BCUT2D eigenvalue weighted by molar-refractivity contribution is 6.07. The molecule has 0 radical (unpaired) electrons. The Bertz CT molecular complexity index is 203. The predicted molar refractivity (Wildman–Crippen MR) is 49.4 cm³/mol. The summed E-state index contributed by atoms with van der Waals surface area (Å²) in [5.41, 5.74) is 3.80. The topological polar surface area (TPSA) is 80.4 Å². The van der Waals surface area contributed by atoms with Crippen LogP contribution in [-0.2, 0) is 9.59 Å². The first-order chi connectivity index (χ1) is 5.99. The van der Waals surface area contributed by atoms with E-state index in [4.69, 9.17) is 10.8 Å². The fourth-order valence-corrected chi connectivity index (χ4v) is 1.03. The number of Topliss-reactive ketones (excluding diaryl/α,β-unsaturated/α-hetero) is 1. The number of carbonyl (C=O) groups excluding carboxylic acids is 1. The summed E-state index contributed by atoms with van der Waals surface area (Å²) < 4.78 is 0. The predicted octanol–water partition coefficient (Wildman–Crippen LogP) is 0.938. The maximum Gasteiger partial charge on any atom is 0.331 e. The fraction of sp³-hybridized carbons (Fsp3) is 0.778. The largest absolute Gasteiger partial charge is 0.480 e. The van der Waals surface area contributed by atoms with E-state index in [-0.39, 0.29) is 18.6 Å². The molecular formula is C9H17NO3. The Morgan fingerprint density at radius 3 is 2.23 bits per heavy atom. The summed E-state index contributed by atoms with van der Waals surface area (Å²) in [5.74, 6) is -1.60. The Labute approximate surface area is 78.1 Å². The number of unbranched alkanes of at least 4 members (excludes halogenated alkanes) is 1. The molecule has 0 amide bonds. The maximum atomic E-state index is 11.4. The standard InChI is InChI=1S/C9H17NO3/c1-3-5-6-7(11)9(10,4-2)8(12)13/h3-6,10H2,1-2H3,(H,12,13). The van der Waals surface area contributed by atoms with E-state index in [9.17, 15) is 9.59 Å². The van der Waals surface area contributed by atoms with E-state index in [1.165, 1.54) is 0 Å². The van der Waals surface area contributed by atoms with Crippen molar-refractivity contribution in [3.05, 3.63) is 0 Å². The number of aliphatic carboxylic acids is 1. The third-order valence-corrected chi connectivity index (χ3v) is 2.19. The van der Waals surface area contributed by atoms with Crippen molar-refractivity contribution in [1.29, 1.82) is 0 Å². The Hall–Kier alpha value is -0.900. The highest BCUT2D eigenvalue weighted by atomic mass is 16.4. The van der Waals surface area contributed by atoms with Crippen LogP contribution in [0.15, 0.2) is 0 Å². The summed E-state index contributed by atoms with van der Waals surface area (Å²) in [5, 5.41) is 8.76. The molecule has 0 aliphatic heterocycles. The highest BCUT2D eigenvalue weighted by Gasteiger charge is 2.39. The molecule has 0 rings (SSSR count). The molecular weight excluding hydrogens is 170 g/mol. The minimum Gasteiger partial charge on any atom is -0.480 e. The van der Waals surface area contributed by atoms with E-state index < -0.39 is 11.5 Å². The molecule has 1 atom stereocenters. The van der Waals surface area contributed by atoms with Gasteiger partial charge in [-0.25, -0.2) is 4.79 Å². The molecule has 3 N–H and O–H groups in total. The van der Waals surface area contributed by atoms with Crippen LogP contribution in [0.5, 0.6) is 0 Å². The smallest absolute Gasteiger partial charge is 0.331 e. The molecule has 0 aliphatic carbocycles. The van der Waals surface area contributed by atoms with E-state index in [1.54, 1.807) is 6.92 Å². The van der Waals surface area contributed by atoms with Gasteiger partial charge >= 0.3 is 5.97 Å². The van der Waals surface area contributed by atoms with Gasteiger partial charge in [0, 0.05) is 6.42 Å². The molecule has 0 aromatic carbocycles. The average molecular weight is 187 g/mol. The number of carboxylic acid groups (broad SMARTS) is 1. The molecule has 4 nitrogen and oxygen atoms in total. The minimum absolute atomic E-state index is 0.144. The van der Waals surface area contributed by atoms with Crippen LogP contribution in [0.25, 0.3) is 0 Å². The van der Waals surface area contributed by atoms with Crippen molar-refractivity contribution in [2.45, 2.75) is 45.1 Å². The zero-order valence-corrected chi connectivity index (χ0v) is 8.17. The van der Waals surface area contributed by atoms with Crippen LogP contribution in [0.3, 0.4) is 0 Å². The molecule has 0 spiro atoms. The van der Waals surface area contributed by atoms with Crippen LogP contribution in [0.1, 0.15) is 39.5 Å². The van der Waals surface area contributed by atoms with E-state index >= 15 is 0 Å². The summed E-state index contributed by atoms with van der Waals surface area (Å²) >= 11 is 0. The summed E-state index contributed by atoms with van der Waals surface area (Å²) in [6, 6.07) is 0. The Morgan fingerprint density at radius 2 is 1.92 bits per heavy atom. The highest BCUT2D eigenvalue weighted by Crippen LogP contribution is 2.12. The van der Waals surface area contributed by atoms with Crippen molar-refractivity contribution < 1.29 is 14.7 Å². The van der Waals surface area contributed by atoms with Crippen LogP contribution in [0, 0.1) is 0 Å². The SMILES string of the molecule is CCCCC(=O)C(N)(CC)C(=O)O. The first kappa shape index (κ1) is 12.1. The van der Waals surface area contributed by atoms with Gasteiger partial charge in [-0.15, -0.1) is 0 Å². The van der Waals surface area contributed by atoms with Crippen LogP contribution in [-0.4, -0.2) is 22.4 Å². The lowest BCUT2D eigenvalue weighted by Gasteiger charge is -2.20. The molecule has 0 saturated carbocycles. The van der Waals surface area contributed by atoms with Crippen molar-refractivity contribution in [3.8, 4) is 0 Å². The van der Waals surface area contributed by atoms with Crippen LogP contribution in [0.2, 0.25) is 0 Å². The minimum atomic E-state index is -1.67. The Kier molecular flexibility index (Phi) is 4.62. The lowest BCUT2D eigenvalue weighted by Crippen LogP contribution is -2.54. The summed E-state index contributed by atoms with van der Waals surface area (Å²) in [6.45, 7) is 3.55. The molecule has 76 valence electrons. The number of hydrogen-bond donors (Lipinski definition) is 2. The second-order valence-corrected chi connectivity index (χ2v) is 3.16. The van der Waals surface area contributed by atoms with Crippen molar-refractivity contribution >= 4 is 11.8 Å². The second kappa shape index (κ2) is 4.97. The van der Waals surface area contributed by atoms with Gasteiger partial charge in [0.25, 0.3) is 0 Å². The molecule has 0 aliphatic rings.